The predicted molar refractivity (Wildman–Crippen MR) is 105 cm³/mol. The third-order valence-corrected chi connectivity index (χ3v) is 8.99. The van der Waals surface area contributed by atoms with Crippen LogP contribution in [0.2, 0.25) is 0 Å². The molecule has 0 bridgehead atoms. The molecule has 27 heavy (non-hydrogen) atoms. The van der Waals surface area contributed by atoms with E-state index in [0.717, 1.165) is 32.1 Å². The number of aromatic hydroxyl groups is 1. The molecule has 5 atom stereocenters. The zero-order chi connectivity index (χ0) is 19.0. The second-order valence-electron chi connectivity index (χ2n) is 10.6. The number of phenols is 1. The van der Waals surface area contributed by atoms with Crippen LogP contribution in [0.1, 0.15) is 82.8 Å². The van der Waals surface area contributed by atoms with Gasteiger partial charge in [0.2, 0.25) is 0 Å². The van der Waals surface area contributed by atoms with Crippen molar-refractivity contribution in [1.29, 1.82) is 0 Å². The Kier molecular flexibility index (Phi) is 3.59. The van der Waals surface area contributed by atoms with E-state index in [9.17, 15) is 9.90 Å². The summed E-state index contributed by atoms with van der Waals surface area (Å²) in [7, 11) is 0. The molecule has 1 N–H and O–H groups in total. The van der Waals surface area contributed by atoms with Crippen LogP contribution in [0.25, 0.3) is 0 Å². The molecule has 3 aliphatic carbocycles. The van der Waals surface area contributed by atoms with Crippen molar-refractivity contribution in [3.63, 3.8) is 0 Å². The molecule has 2 saturated carbocycles. The molecule has 1 saturated heterocycles. The van der Waals surface area contributed by atoms with E-state index in [-0.39, 0.29) is 22.4 Å². The number of fused-ring (bicyclic) bond motifs is 6. The van der Waals surface area contributed by atoms with E-state index in [1.54, 1.807) is 0 Å². The molecule has 1 aliphatic heterocycles. The van der Waals surface area contributed by atoms with E-state index in [0.29, 0.717) is 23.5 Å². The lowest BCUT2D eigenvalue weighted by atomic mass is 9.52. The smallest absolute Gasteiger partial charge is 0.312 e. The SMILES string of the molecule is CC1(C)CC[C@@]2(CC[C@H]3[C@@H]4CCc5cc(O)ccc5[C@H]4CC[C@@]32C)OC1=O. The average Bonchev–Trinajstić information content (AvgIpc) is 2.91. The topological polar surface area (TPSA) is 46.5 Å². The molecule has 3 nitrogen and oxygen atoms in total. The monoisotopic (exact) mass is 368 g/mol. The van der Waals surface area contributed by atoms with Gasteiger partial charge in [0.25, 0.3) is 0 Å². The molecular formula is C24H32O3. The summed E-state index contributed by atoms with van der Waals surface area (Å²) in [5.41, 5.74) is 2.37. The van der Waals surface area contributed by atoms with Gasteiger partial charge in [-0.2, -0.15) is 0 Å². The number of esters is 1. The summed E-state index contributed by atoms with van der Waals surface area (Å²) in [5.74, 6) is 2.35. The van der Waals surface area contributed by atoms with Crippen LogP contribution in [0, 0.1) is 22.7 Å². The molecule has 0 aromatic heterocycles. The van der Waals surface area contributed by atoms with Crippen molar-refractivity contribution in [2.24, 2.45) is 22.7 Å². The average molecular weight is 369 g/mol. The maximum absolute atomic E-state index is 12.7. The Labute approximate surface area is 162 Å². The van der Waals surface area contributed by atoms with E-state index >= 15 is 0 Å². The maximum atomic E-state index is 12.7. The van der Waals surface area contributed by atoms with E-state index in [4.69, 9.17) is 4.74 Å². The lowest BCUT2D eigenvalue weighted by molar-refractivity contribution is -0.206. The quantitative estimate of drug-likeness (QED) is 0.628. The van der Waals surface area contributed by atoms with Crippen LogP contribution >= 0.6 is 0 Å². The van der Waals surface area contributed by atoms with Crippen molar-refractivity contribution >= 4 is 5.97 Å². The van der Waals surface area contributed by atoms with E-state index in [1.807, 2.05) is 26.0 Å². The lowest BCUT2D eigenvalue weighted by Gasteiger charge is -2.56. The highest BCUT2D eigenvalue weighted by Gasteiger charge is 2.65. The molecule has 1 spiro atoms. The van der Waals surface area contributed by atoms with Gasteiger partial charge in [-0.1, -0.05) is 13.0 Å². The number of aryl methyl sites for hydroxylation is 1. The standard InChI is InChI=1S/C24H32O3/c1-22(2)12-13-24(27-21(22)26)11-9-20-19-6-4-15-14-16(25)5-7-17(15)18(19)8-10-23(20,24)3/h5,7,14,18-20,25H,4,6,8-13H2,1-3H3/t18-,19-,20+,23+,24-/m1/s1. The Morgan fingerprint density at radius 2 is 1.85 bits per heavy atom. The first-order valence-corrected chi connectivity index (χ1v) is 10.8. The van der Waals surface area contributed by atoms with Gasteiger partial charge < -0.3 is 9.84 Å². The lowest BCUT2D eigenvalue weighted by Crippen LogP contribution is -2.56. The zero-order valence-electron chi connectivity index (χ0n) is 16.9. The van der Waals surface area contributed by atoms with E-state index in [2.05, 4.69) is 13.0 Å². The second kappa shape index (κ2) is 5.52. The highest BCUT2D eigenvalue weighted by atomic mass is 16.6. The first-order valence-electron chi connectivity index (χ1n) is 10.8. The van der Waals surface area contributed by atoms with Crippen molar-refractivity contribution in [3.05, 3.63) is 29.3 Å². The van der Waals surface area contributed by atoms with Gasteiger partial charge in [-0.3, -0.25) is 4.79 Å². The Morgan fingerprint density at radius 3 is 2.63 bits per heavy atom. The first kappa shape index (κ1) is 17.6. The highest BCUT2D eigenvalue weighted by molar-refractivity contribution is 5.77. The van der Waals surface area contributed by atoms with Crippen molar-refractivity contribution < 1.29 is 14.6 Å². The van der Waals surface area contributed by atoms with Crippen molar-refractivity contribution in [2.75, 3.05) is 0 Å². The van der Waals surface area contributed by atoms with Gasteiger partial charge in [0.05, 0.1) is 5.41 Å². The second-order valence-corrected chi connectivity index (χ2v) is 10.6. The fourth-order valence-corrected chi connectivity index (χ4v) is 7.22. The summed E-state index contributed by atoms with van der Waals surface area (Å²) in [5, 5.41) is 9.86. The van der Waals surface area contributed by atoms with Gasteiger partial charge in [-0.15, -0.1) is 0 Å². The Hall–Kier alpha value is -1.51. The minimum Gasteiger partial charge on any atom is -0.508 e. The first-order chi connectivity index (χ1) is 12.8. The summed E-state index contributed by atoms with van der Waals surface area (Å²) in [6.07, 6.45) is 8.81. The zero-order valence-corrected chi connectivity index (χ0v) is 16.9. The van der Waals surface area contributed by atoms with Crippen molar-refractivity contribution in [3.8, 4) is 5.75 Å². The molecule has 0 unspecified atom stereocenters. The predicted octanol–water partition coefficient (Wildman–Crippen LogP) is 5.35. The van der Waals surface area contributed by atoms with Crippen LogP contribution in [0.15, 0.2) is 18.2 Å². The van der Waals surface area contributed by atoms with Crippen LogP contribution in [-0.2, 0) is 16.0 Å². The minimum atomic E-state index is -0.331. The third-order valence-electron chi connectivity index (χ3n) is 8.99. The molecule has 1 heterocycles. The number of benzene rings is 1. The Balaban J connectivity index is 1.47. The molecule has 0 amide bonds. The number of rotatable bonds is 0. The van der Waals surface area contributed by atoms with Crippen LogP contribution in [0.4, 0.5) is 0 Å². The maximum Gasteiger partial charge on any atom is 0.312 e. The molecule has 3 heteroatoms. The summed E-state index contributed by atoms with van der Waals surface area (Å²) < 4.78 is 6.32. The van der Waals surface area contributed by atoms with Crippen LogP contribution in [-0.4, -0.2) is 16.7 Å². The number of ether oxygens (including phenoxy) is 1. The molecule has 146 valence electrons. The van der Waals surface area contributed by atoms with Gasteiger partial charge in [0, 0.05) is 5.41 Å². The largest absolute Gasteiger partial charge is 0.508 e. The molecule has 4 aliphatic rings. The normalized spacial score (nSPS) is 42.2. The van der Waals surface area contributed by atoms with Crippen molar-refractivity contribution in [1.82, 2.24) is 0 Å². The van der Waals surface area contributed by atoms with Gasteiger partial charge in [0.1, 0.15) is 11.4 Å². The van der Waals surface area contributed by atoms with E-state index in [1.165, 1.54) is 30.4 Å². The van der Waals surface area contributed by atoms with Gasteiger partial charge in [-0.25, -0.2) is 0 Å². The van der Waals surface area contributed by atoms with Gasteiger partial charge in [0.15, 0.2) is 0 Å². The van der Waals surface area contributed by atoms with Crippen molar-refractivity contribution in [2.45, 2.75) is 83.7 Å². The number of carbonyl (C=O) groups excluding carboxylic acids is 1. The molecule has 0 radical (unpaired) electrons. The number of hydrogen-bond acceptors (Lipinski definition) is 3. The van der Waals surface area contributed by atoms with Gasteiger partial charge >= 0.3 is 5.97 Å². The molecule has 1 aromatic rings. The number of hydrogen-bond donors (Lipinski definition) is 1. The fourth-order valence-electron chi connectivity index (χ4n) is 7.22. The molecular weight excluding hydrogens is 336 g/mol. The molecule has 3 fully saturated rings. The number of carbonyl (C=O) groups is 1. The third kappa shape index (κ3) is 2.29. The summed E-state index contributed by atoms with van der Waals surface area (Å²) in [6.45, 7) is 6.49. The highest BCUT2D eigenvalue weighted by Crippen LogP contribution is 2.67. The number of phenolic OH excluding ortho intramolecular Hbond substituents is 1. The van der Waals surface area contributed by atoms with E-state index < -0.39 is 0 Å². The fraction of sp³-hybridized carbons (Fsp3) is 0.708. The summed E-state index contributed by atoms with van der Waals surface area (Å²) >= 11 is 0. The van der Waals surface area contributed by atoms with Crippen LogP contribution in [0.3, 0.4) is 0 Å². The molecule has 5 rings (SSSR count). The van der Waals surface area contributed by atoms with Crippen LogP contribution < -0.4 is 0 Å². The van der Waals surface area contributed by atoms with Gasteiger partial charge in [-0.05, 0) is 106 Å². The Bertz CT molecular complexity index is 797. The van der Waals surface area contributed by atoms with Crippen LogP contribution in [0.5, 0.6) is 5.75 Å². The molecule has 1 aromatic carbocycles. The summed E-state index contributed by atoms with van der Waals surface area (Å²) in [6, 6.07) is 5.99. The minimum absolute atomic E-state index is 0.0159. The Morgan fingerprint density at radius 1 is 1.04 bits per heavy atom. The summed E-state index contributed by atoms with van der Waals surface area (Å²) in [4.78, 5) is 12.7.